The molecule has 0 saturated heterocycles. The number of aliphatic imine (C=N–C) groups is 1. The first-order valence-electron chi connectivity index (χ1n) is 6.36. The predicted molar refractivity (Wildman–Crippen MR) is 77.5 cm³/mol. The Kier molecular flexibility index (Phi) is 4.59. The second kappa shape index (κ2) is 6.42. The van der Waals surface area contributed by atoms with Gasteiger partial charge in [-0.2, -0.15) is 0 Å². The predicted octanol–water partition coefficient (Wildman–Crippen LogP) is 2.85. The molecule has 0 radical (unpaired) electrons. The maximum absolute atomic E-state index is 12.3. The fraction of sp³-hybridized carbons (Fsp3) is 0.214. The quantitative estimate of drug-likeness (QED) is 0.674. The van der Waals surface area contributed by atoms with Crippen molar-refractivity contribution in [1.82, 2.24) is 4.57 Å². The summed E-state index contributed by atoms with van der Waals surface area (Å²) in [6.45, 7) is 0.321. The van der Waals surface area contributed by atoms with E-state index in [0.717, 1.165) is 5.56 Å². The van der Waals surface area contributed by atoms with Crippen LogP contribution in [0.2, 0.25) is 0 Å². The topological polar surface area (TPSA) is 64.6 Å². The van der Waals surface area contributed by atoms with Gasteiger partial charge in [-0.25, -0.2) is 4.99 Å². The highest BCUT2D eigenvalue weighted by atomic mass is 19.4. The van der Waals surface area contributed by atoms with Crippen LogP contribution >= 0.6 is 0 Å². The van der Waals surface area contributed by atoms with Gasteiger partial charge in [0.05, 0.1) is 12.2 Å². The molecule has 1 aromatic carbocycles. The summed E-state index contributed by atoms with van der Waals surface area (Å²) < 4.78 is 42.7. The maximum Gasteiger partial charge on any atom is 0.573 e. The van der Waals surface area contributed by atoms with Crippen molar-refractivity contribution in [1.29, 1.82) is 0 Å². The average molecular weight is 312 g/mol. The lowest BCUT2D eigenvalue weighted by atomic mass is 10.3. The zero-order valence-electron chi connectivity index (χ0n) is 11.8. The molecule has 2 aromatic rings. The molecule has 0 amide bonds. The standard InChI is InChI=1S/C14H15F3N4O/c1-21-7-6-10(9-21)8-19-13(18)20-11-4-2-3-5-12(11)22-14(15,16)17/h2-7,9H,8H2,1H3,(H3,18,19,20). The van der Waals surface area contributed by atoms with Crippen molar-refractivity contribution in [3.05, 3.63) is 48.3 Å². The number of ether oxygens (including phenoxy) is 1. The Hall–Kier alpha value is -2.64. The van der Waals surface area contributed by atoms with E-state index in [9.17, 15) is 13.2 Å². The summed E-state index contributed by atoms with van der Waals surface area (Å²) in [5, 5.41) is 2.61. The summed E-state index contributed by atoms with van der Waals surface area (Å²) in [6.07, 6.45) is -1.04. The zero-order chi connectivity index (χ0) is 16.2. The van der Waals surface area contributed by atoms with Gasteiger partial charge in [-0.05, 0) is 23.8 Å². The van der Waals surface area contributed by atoms with Crippen LogP contribution in [-0.2, 0) is 13.6 Å². The minimum absolute atomic E-state index is 0.00192. The molecule has 0 unspecified atom stereocenters. The number of alkyl halides is 3. The summed E-state index contributed by atoms with van der Waals surface area (Å²) in [6, 6.07) is 7.49. The zero-order valence-corrected chi connectivity index (χ0v) is 11.8. The van der Waals surface area contributed by atoms with Gasteiger partial charge in [-0.15, -0.1) is 13.2 Å². The van der Waals surface area contributed by atoms with Crippen molar-refractivity contribution in [3.8, 4) is 5.75 Å². The number of rotatable bonds is 4. The molecule has 0 bridgehead atoms. The number of benzene rings is 1. The third-order valence-electron chi connectivity index (χ3n) is 2.70. The monoisotopic (exact) mass is 312 g/mol. The number of aryl methyl sites for hydroxylation is 1. The normalized spacial score (nSPS) is 12.3. The van der Waals surface area contributed by atoms with Crippen LogP contribution in [0, 0.1) is 0 Å². The fourth-order valence-electron chi connectivity index (χ4n) is 1.79. The van der Waals surface area contributed by atoms with Crippen molar-refractivity contribution in [3.63, 3.8) is 0 Å². The Morgan fingerprint density at radius 2 is 2.05 bits per heavy atom. The second-order valence-electron chi connectivity index (χ2n) is 4.56. The van der Waals surface area contributed by atoms with E-state index < -0.39 is 6.36 Å². The van der Waals surface area contributed by atoms with Crippen LogP contribution in [0.3, 0.4) is 0 Å². The maximum atomic E-state index is 12.3. The Morgan fingerprint density at radius 3 is 2.68 bits per heavy atom. The molecule has 0 saturated carbocycles. The highest BCUT2D eigenvalue weighted by Crippen LogP contribution is 2.29. The van der Waals surface area contributed by atoms with E-state index in [1.165, 1.54) is 18.2 Å². The van der Waals surface area contributed by atoms with E-state index in [1.807, 2.05) is 30.1 Å². The molecule has 3 N–H and O–H groups in total. The number of aromatic nitrogens is 1. The highest BCUT2D eigenvalue weighted by molar-refractivity contribution is 5.93. The molecule has 22 heavy (non-hydrogen) atoms. The Labute approximate surface area is 125 Å². The molecular formula is C14H15F3N4O. The van der Waals surface area contributed by atoms with Gasteiger partial charge in [-0.3, -0.25) is 0 Å². The number of nitrogens with one attached hydrogen (secondary N) is 1. The number of nitrogens with two attached hydrogens (primary N) is 1. The second-order valence-corrected chi connectivity index (χ2v) is 4.56. The van der Waals surface area contributed by atoms with E-state index in [4.69, 9.17) is 5.73 Å². The molecule has 8 heteroatoms. The molecule has 1 aromatic heterocycles. The Morgan fingerprint density at radius 1 is 1.32 bits per heavy atom. The third kappa shape index (κ3) is 4.72. The van der Waals surface area contributed by atoms with E-state index in [2.05, 4.69) is 15.0 Å². The van der Waals surface area contributed by atoms with Gasteiger partial charge < -0.3 is 20.4 Å². The SMILES string of the molecule is Cn1ccc(CN=C(N)Nc2ccccc2OC(F)(F)F)c1. The van der Waals surface area contributed by atoms with Crippen molar-refractivity contribution in [2.45, 2.75) is 12.9 Å². The molecule has 2 rings (SSSR count). The molecule has 0 atom stereocenters. The number of hydrogen-bond donors (Lipinski definition) is 2. The van der Waals surface area contributed by atoms with E-state index in [1.54, 1.807) is 6.07 Å². The smallest absolute Gasteiger partial charge is 0.404 e. The lowest BCUT2D eigenvalue weighted by Gasteiger charge is -2.14. The first-order valence-corrected chi connectivity index (χ1v) is 6.36. The number of anilines is 1. The van der Waals surface area contributed by atoms with Gasteiger partial charge in [0.1, 0.15) is 0 Å². The van der Waals surface area contributed by atoms with Gasteiger partial charge in [0.15, 0.2) is 11.7 Å². The Balaban J connectivity index is 2.06. The fourth-order valence-corrected chi connectivity index (χ4v) is 1.79. The van der Waals surface area contributed by atoms with E-state index in [-0.39, 0.29) is 17.4 Å². The van der Waals surface area contributed by atoms with Crippen LogP contribution in [0.5, 0.6) is 5.75 Å². The largest absolute Gasteiger partial charge is 0.573 e. The summed E-state index contributed by atoms with van der Waals surface area (Å²) >= 11 is 0. The van der Waals surface area contributed by atoms with Crippen molar-refractivity contribution < 1.29 is 17.9 Å². The number of halogens is 3. The Bertz CT molecular complexity index is 664. The highest BCUT2D eigenvalue weighted by Gasteiger charge is 2.32. The number of nitrogens with zero attached hydrogens (tertiary/aromatic N) is 2. The lowest BCUT2D eigenvalue weighted by molar-refractivity contribution is -0.274. The minimum Gasteiger partial charge on any atom is -0.404 e. The van der Waals surface area contributed by atoms with Crippen LogP contribution in [0.4, 0.5) is 18.9 Å². The minimum atomic E-state index is -4.77. The van der Waals surface area contributed by atoms with Crippen LogP contribution in [-0.4, -0.2) is 16.9 Å². The van der Waals surface area contributed by atoms with Gasteiger partial charge in [0, 0.05) is 19.4 Å². The first-order chi connectivity index (χ1) is 10.3. The summed E-state index contributed by atoms with van der Waals surface area (Å²) in [5.74, 6) is -0.366. The summed E-state index contributed by atoms with van der Waals surface area (Å²) in [5.41, 5.74) is 6.72. The van der Waals surface area contributed by atoms with E-state index >= 15 is 0 Å². The summed E-state index contributed by atoms with van der Waals surface area (Å²) in [4.78, 5) is 4.07. The molecule has 0 spiro atoms. The van der Waals surface area contributed by atoms with Gasteiger partial charge in [0.25, 0.3) is 0 Å². The van der Waals surface area contributed by atoms with Crippen LogP contribution < -0.4 is 15.8 Å². The van der Waals surface area contributed by atoms with Crippen LogP contribution in [0.15, 0.2) is 47.7 Å². The van der Waals surface area contributed by atoms with Gasteiger partial charge >= 0.3 is 6.36 Å². The molecule has 5 nitrogen and oxygen atoms in total. The van der Waals surface area contributed by atoms with Crippen LogP contribution in [0.1, 0.15) is 5.56 Å². The van der Waals surface area contributed by atoms with Crippen molar-refractivity contribution in [2.75, 3.05) is 5.32 Å². The molecule has 118 valence electrons. The molecular weight excluding hydrogens is 297 g/mol. The molecule has 0 aliphatic carbocycles. The third-order valence-corrected chi connectivity index (χ3v) is 2.70. The first kappa shape index (κ1) is 15.7. The van der Waals surface area contributed by atoms with Gasteiger partial charge in [-0.1, -0.05) is 12.1 Å². The van der Waals surface area contributed by atoms with Crippen molar-refractivity contribution in [2.24, 2.45) is 17.8 Å². The number of hydrogen-bond acceptors (Lipinski definition) is 2. The van der Waals surface area contributed by atoms with Crippen LogP contribution in [0.25, 0.3) is 0 Å². The molecule has 0 aliphatic heterocycles. The van der Waals surface area contributed by atoms with E-state index in [0.29, 0.717) is 6.54 Å². The number of guanidine groups is 1. The molecule has 1 heterocycles. The summed E-state index contributed by atoms with van der Waals surface area (Å²) in [7, 11) is 1.87. The van der Waals surface area contributed by atoms with Crippen molar-refractivity contribution >= 4 is 11.6 Å². The molecule has 0 fully saturated rings. The molecule has 0 aliphatic rings. The average Bonchev–Trinajstić information content (AvgIpc) is 2.83. The number of para-hydroxylation sites is 2. The van der Waals surface area contributed by atoms with Gasteiger partial charge in [0.2, 0.25) is 0 Å². The lowest BCUT2D eigenvalue weighted by Crippen LogP contribution is -2.24.